The molecule has 0 aliphatic heterocycles. The minimum absolute atomic E-state index is 0.0426. The van der Waals surface area contributed by atoms with Crippen molar-refractivity contribution in [3.63, 3.8) is 0 Å². The molecular weight excluding hydrogens is 180 g/mol. The van der Waals surface area contributed by atoms with Gasteiger partial charge in [-0.25, -0.2) is 4.98 Å². The lowest BCUT2D eigenvalue weighted by molar-refractivity contribution is -0.116. The topological polar surface area (TPSA) is 42.4 Å². The Morgan fingerprint density at radius 1 is 1.64 bits per heavy atom. The Kier molecular flexibility index (Phi) is 3.45. The van der Waals surface area contributed by atoms with E-state index in [9.17, 15) is 4.79 Å². The molecule has 0 aliphatic carbocycles. The molecule has 4 nitrogen and oxygen atoms in total. The molecule has 0 radical (unpaired) electrons. The molecular formula is C10H14N2O2. The molecule has 76 valence electrons. The molecule has 0 aromatic carbocycles. The van der Waals surface area contributed by atoms with Gasteiger partial charge >= 0.3 is 0 Å². The van der Waals surface area contributed by atoms with Crippen LogP contribution in [0.2, 0.25) is 0 Å². The van der Waals surface area contributed by atoms with Gasteiger partial charge in [-0.1, -0.05) is 0 Å². The molecule has 1 heterocycles. The molecule has 0 spiro atoms. The maximum absolute atomic E-state index is 11.1. The second-order valence-corrected chi connectivity index (χ2v) is 2.84. The average Bonchev–Trinajstić information content (AvgIpc) is 2.18. The van der Waals surface area contributed by atoms with Crippen molar-refractivity contribution in [1.82, 2.24) is 4.98 Å². The summed E-state index contributed by atoms with van der Waals surface area (Å²) < 4.78 is 5.30. The summed E-state index contributed by atoms with van der Waals surface area (Å²) in [5, 5.41) is 0. The third kappa shape index (κ3) is 2.22. The molecule has 0 N–H and O–H groups in total. The lowest BCUT2D eigenvalue weighted by atomic mass is 10.3. The number of pyridine rings is 1. The van der Waals surface area contributed by atoms with Gasteiger partial charge in [-0.15, -0.1) is 0 Å². The van der Waals surface area contributed by atoms with Crippen molar-refractivity contribution in [1.29, 1.82) is 0 Å². The summed E-state index contributed by atoms with van der Waals surface area (Å²) in [6.07, 6.45) is 1.64. The Hall–Kier alpha value is -1.58. The van der Waals surface area contributed by atoms with Crippen molar-refractivity contribution in [2.75, 3.05) is 18.6 Å². The van der Waals surface area contributed by atoms with Crippen LogP contribution in [0.4, 0.5) is 5.69 Å². The van der Waals surface area contributed by atoms with E-state index in [1.807, 2.05) is 6.92 Å². The first-order valence-corrected chi connectivity index (χ1v) is 4.49. The van der Waals surface area contributed by atoms with Crippen molar-refractivity contribution >= 4 is 11.6 Å². The summed E-state index contributed by atoms with van der Waals surface area (Å²) in [6, 6.07) is 3.58. The molecule has 0 saturated carbocycles. The SMILES string of the molecule is CCOc1ncccc1N(C)C(C)=O. The van der Waals surface area contributed by atoms with E-state index in [1.54, 1.807) is 25.4 Å². The molecule has 4 heteroatoms. The van der Waals surface area contributed by atoms with E-state index < -0.39 is 0 Å². The number of ether oxygens (including phenoxy) is 1. The summed E-state index contributed by atoms with van der Waals surface area (Å²) in [5.74, 6) is 0.451. The largest absolute Gasteiger partial charge is 0.476 e. The van der Waals surface area contributed by atoms with Crippen LogP contribution in [0, 0.1) is 0 Å². The van der Waals surface area contributed by atoms with Gasteiger partial charge < -0.3 is 9.64 Å². The van der Waals surface area contributed by atoms with E-state index in [0.717, 1.165) is 0 Å². The zero-order valence-corrected chi connectivity index (χ0v) is 8.65. The van der Waals surface area contributed by atoms with Gasteiger partial charge in [0.05, 0.1) is 6.61 Å². The number of carbonyl (C=O) groups is 1. The molecule has 1 rings (SSSR count). The van der Waals surface area contributed by atoms with Crippen LogP contribution in [0.5, 0.6) is 5.88 Å². The summed E-state index contributed by atoms with van der Waals surface area (Å²) in [6.45, 7) is 3.92. The third-order valence-corrected chi connectivity index (χ3v) is 1.87. The van der Waals surface area contributed by atoms with Crippen LogP contribution in [0.3, 0.4) is 0 Å². The Morgan fingerprint density at radius 2 is 2.36 bits per heavy atom. The van der Waals surface area contributed by atoms with Gasteiger partial charge in [-0.05, 0) is 19.1 Å². The zero-order valence-electron chi connectivity index (χ0n) is 8.65. The van der Waals surface area contributed by atoms with Crippen molar-refractivity contribution in [2.24, 2.45) is 0 Å². The summed E-state index contributed by atoms with van der Waals surface area (Å²) in [5.41, 5.74) is 0.696. The Labute approximate surface area is 83.5 Å². The van der Waals surface area contributed by atoms with Gasteiger partial charge in [0, 0.05) is 20.2 Å². The molecule has 0 unspecified atom stereocenters. The van der Waals surface area contributed by atoms with Crippen LogP contribution in [0.15, 0.2) is 18.3 Å². The lowest BCUT2D eigenvalue weighted by Gasteiger charge is -2.17. The quantitative estimate of drug-likeness (QED) is 0.731. The van der Waals surface area contributed by atoms with Gasteiger partial charge in [-0.3, -0.25) is 4.79 Å². The van der Waals surface area contributed by atoms with Crippen molar-refractivity contribution in [2.45, 2.75) is 13.8 Å². The normalized spacial score (nSPS) is 9.64. The second kappa shape index (κ2) is 4.60. The standard InChI is InChI=1S/C10H14N2O2/c1-4-14-10-9(6-5-7-11-10)12(3)8(2)13/h5-7H,4H2,1-3H3. The van der Waals surface area contributed by atoms with E-state index in [2.05, 4.69) is 4.98 Å². The highest BCUT2D eigenvalue weighted by Gasteiger charge is 2.11. The first kappa shape index (κ1) is 10.5. The maximum atomic E-state index is 11.1. The van der Waals surface area contributed by atoms with Gasteiger partial charge in [-0.2, -0.15) is 0 Å². The van der Waals surface area contributed by atoms with E-state index >= 15 is 0 Å². The summed E-state index contributed by atoms with van der Waals surface area (Å²) in [7, 11) is 1.70. The number of hydrogen-bond acceptors (Lipinski definition) is 3. The van der Waals surface area contributed by atoms with Crippen molar-refractivity contribution in [3.8, 4) is 5.88 Å². The van der Waals surface area contributed by atoms with Crippen molar-refractivity contribution in [3.05, 3.63) is 18.3 Å². The molecule has 0 atom stereocenters. The van der Waals surface area contributed by atoms with E-state index in [1.165, 1.54) is 11.8 Å². The number of rotatable bonds is 3. The first-order chi connectivity index (χ1) is 6.66. The van der Waals surface area contributed by atoms with Crippen molar-refractivity contribution < 1.29 is 9.53 Å². The molecule has 0 bridgehead atoms. The minimum Gasteiger partial charge on any atom is -0.476 e. The maximum Gasteiger partial charge on any atom is 0.237 e. The molecule has 0 saturated heterocycles. The fraction of sp³-hybridized carbons (Fsp3) is 0.400. The van der Waals surface area contributed by atoms with Crippen LogP contribution in [0.25, 0.3) is 0 Å². The summed E-state index contributed by atoms with van der Waals surface area (Å²) >= 11 is 0. The highest BCUT2D eigenvalue weighted by Crippen LogP contribution is 2.23. The van der Waals surface area contributed by atoms with Gasteiger partial charge in [0.2, 0.25) is 11.8 Å². The second-order valence-electron chi connectivity index (χ2n) is 2.84. The Balaban J connectivity index is 3.00. The van der Waals surface area contributed by atoms with E-state index in [-0.39, 0.29) is 5.91 Å². The number of amides is 1. The van der Waals surface area contributed by atoms with Crippen LogP contribution < -0.4 is 9.64 Å². The number of aromatic nitrogens is 1. The fourth-order valence-electron chi connectivity index (χ4n) is 1.06. The monoisotopic (exact) mass is 194 g/mol. The predicted octanol–water partition coefficient (Wildman–Crippen LogP) is 1.46. The van der Waals surface area contributed by atoms with Gasteiger partial charge in [0.1, 0.15) is 5.69 Å². The highest BCUT2D eigenvalue weighted by atomic mass is 16.5. The molecule has 1 amide bonds. The van der Waals surface area contributed by atoms with Crippen LogP contribution in [0.1, 0.15) is 13.8 Å². The zero-order chi connectivity index (χ0) is 10.6. The Morgan fingerprint density at radius 3 is 2.93 bits per heavy atom. The average molecular weight is 194 g/mol. The summed E-state index contributed by atoms with van der Waals surface area (Å²) in [4.78, 5) is 16.7. The smallest absolute Gasteiger partial charge is 0.237 e. The molecule has 1 aromatic rings. The molecule has 1 aromatic heterocycles. The minimum atomic E-state index is -0.0426. The van der Waals surface area contributed by atoms with E-state index in [0.29, 0.717) is 18.2 Å². The molecule has 0 aliphatic rings. The number of hydrogen-bond donors (Lipinski definition) is 0. The van der Waals surface area contributed by atoms with Crippen LogP contribution >= 0.6 is 0 Å². The lowest BCUT2D eigenvalue weighted by Crippen LogP contribution is -2.23. The van der Waals surface area contributed by atoms with E-state index in [4.69, 9.17) is 4.74 Å². The first-order valence-electron chi connectivity index (χ1n) is 4.49. The van der Waals surface area contributed by atoms with Crippen LogP contribution in [-0.4, -0.2) is 24.5 Å². The number of nitrogens with zero attached hydrogens (tertiary/aromatic N) is 2. The number of anilines is 1. The highest BCUT2D eigenvalue weighted by molar-refractivity contribution is 5.92. The van der Waals surface area contributed by atoms with Crippen LogP contribution in [-0.2, 0) is 4.79 Å². The predicted molar refractivity (Wildman–Crippen MR) is 54.5 cm³/mol. The molecule has 14 heavy (non-hydrogen) atoms. The Bertz CT molecular complexity index is 326. The van der Waals surface area contributed by atoms with Gasteiger partial charge in [0.25, 0.3) is 0 Å². The number of carbonyl (C=O) groups excluding carboxylic acids is 1. The third-order valence-electron chi connectivity index (χ3n) is 1.87. The molecule has 0 fully saturated rings. The van der Waals surface area contributed by atoms with Gasteiger partial charge in [0.15, 0.2) is 0 Å². The fourth-order valence-corrected chi connectivity index (χ4v) is 1.06.